The summed E-state index contributed by atoms with van der Waals surface area (Å²) >= 11 is 3.35. The molecule has 4 heteroatoms. The molecule has 0 aliphatic rings. The maximum atomic E-state index is 11.9. The second kappa shape index (κ2) is 6.48. The Bertz CT molecular complexity index is 635. The monoisotopic (exact) mass is 331 g/mol. The second-order valence-electron chi connectivity index (χ2n) is 4.49. The molecule has 3 nitrogen and oxygen atoms in total. The Morgan fingerprint density at radius 1 is 1.10 bits per heavy atom. The Labute approximate surface area is 126 Å². The lowest BCUT2D eigenvalue weighted by Crippen LogP contribution is -2.14. The highest BCUT2D eigenvalue weighted by Crippen LogP contribution is 2.13. The number of nitrogens with one attached hydrogen (secondary N) is 1. The Balaban J connectivity index is 2.02. The molecule has 0 bridgehead atoms. The topological polar surface area (TPSA) is 46.2 Å². The highest BCUT2D eigenvalue weighted by Gasteiger charge is 2.06. The molecule has 2 aromatic carbocycles. The maximum absolute atomic E-state index is 11.9. The van der Waals surface area contributed by atoms with Crippen LogP contribution in [0.2, 0.25) is 0 Å². The molecule has 0 saturated heterocycles. The second-order valence-corrected chi connectivity index (χ2v) is 5.40. The summed E-state index contributed by atoms with van der Waals surface area (Å²) < 4.78 is 0.982. The number of ketones is 1. The van der Waals surface area contributed by atoms with E-state index in [0.717, 1.165) is 10.0 Å². The van der Waals surface area contributed by atoms with Crippen LogP contribution in [0.1, 0.15) is 22.8 Å². The lowest BCUT2D eigenvalue weighted by Gasteiger charge is -2.06. The van der Waals surface area contributed by atoms with Crippen molar-refractivity contribution in [1.29, 1.82) is 0 Å². The third-order valence-electron chi connectivity index (χ3n) is 2.83. The zero-order chi connectivity index (χ0) is 14.5. The predicted molar refractivity (Wildman–Crippen MR) is 82.9 cm³/mol. The highest BCUT2D eigenvalue weighted by molar-refractivity contribution is 9.10. The fourth-order valence-corrected chi connectivity index (χ4v) is 2.07. The summed E-state index contributed by atoms with van der Waals surface area (Å²) in [6.45, 7) is 1.50. The summed E-state index contributed by atoms with van der Waals surface area (Å²) in [6.07, 6.45) is 0.303. The van der Waals surface area contributed by atoms with Gasteiger partial charge in [-0.25, -0.2) is 0 Å². The van der Waals surface area contributed by atoms with Crippen LogP contribution in [-0.4, -0.2) is 11.7 Å². The molecule has 1 N–H and O–H groups in total. The van der Waals surface area contributed by atoms with Gasteiger partial charge in [-0.3, -0.25) is 9.59 Å². The number of Topliss-reactive ketones (excluding diaryl/α,β-unsaturated/α-hetero) is 1. The summed E-state index contributed by atoms with van der Waals surface area (Å²) in [6, 6.07) is 14.5. The third kappa shape index (κ3) is 4.03. The van der Waals surface area contributed by atoms with E-state index in [0.29, 0.717) is 17.7 Å². The van der Waals surface area contributed by atoms with Crippen molar-refractivity contribution in [1.82, 2.24) is 0 Å². The number of halogens is 1. The average molecular weight is 332 g/mol. The van der Waals surface area contributed by atoms with E-state index in [-0.39, 0.29) is 11.7 Å². The molecule has 0 unspecified atom stereocenters. The minimum Gasteiger partial charge on any atom is -0.326 e. The summed E-state index contributed by atoms with van der Waals surface area (Å²) in [7, 11) is 0. The predicted octanol–water partition coefficient (Wildman–Crippen LogP) is 3.83. The molecule has 20 heavy (non-hydrogen) atoms. The number of hydrogen-bond acceptors (Lipinski definition) is 2. The molecule has 0 aliphatic heterocycles. The van der Waals surface area contributed by atoms with E-state index in [9.17, 15) is 9.59 Å². The normalized spacial score (nSPS) is 10.1. The Hall–Kier alpha value is -1.94. The molecule has 0 saturated carbocycles. The molecule has 0 aromatic heterocycles. The van der Waals surface area contributed by atoms with Crippen molar-refractivity contribution in [2.45, 2.75) is 13.3 Å². The molecule has 0 spiro atoms. The third-order valence-corrected chi connectivity index (χ3v) is 3.36. The van der Waals surface area contributed by atoms with Crippen molar-refractivity contribution in [3.63, 3.8) is 0 Å². The van der Waals surface area contributed by atoms with E-state index in [1.165, 1.54) is 6.92 Å². The van der Waals surface area contributed by atoms with Gasteiger partial charge in [-0.2, -0.15) is 0 Å². The lowest BCUT2D eigenvalue weighted by molar-refractivity contribution is -0.115. The maximum Gasteiger partial charge on any atom is 0.228 e. The van der Waals surface area contributed by atoms with Gasteiger partial charge in [-0.15, -0.1) is 0 Å². The van der Waals surface area contributed by atoms with Crippen molar-refractivity contribution in [3.8, 4) is 0 Å². The lowest BCUT2D eigenvalue weighted by atomic mass is 10.1. The Kier molecular flexibility index (Phi) is 4.69. The van der Waals surface area contributed by atoms with Crippen LogP contribution in [0.15, 0.2) is 53.0 Å². The van der Waals surface area contributed by atoms with Gasteiger partial charge in [-0.05, 0) is 36.8 Å². The number of rotatable bonds is 4. The van der Waals surface area contributed by atoms with E-state index < -0.39 is 0 Å². The minimum atomic E-state index is -0.104. The van der Waals surface area contributed by atoms with Gasteiger partial charge >= 0.3 is 0 Å². The Morgan fingerprint density at radius 3 is 2.45 bits per heavy atom. The molecular formula is C16H14BrNO2. The van der Waals surface area contributed by atoms with E-state index >= 15 is 0 Å². The van der Waals surface area contributed by atoms with Gasteiger partial charge in [0, 0.05) is 15.7 Å². The smallest absolute Gasteiger partial charge is 0.228 e. The molecule has 0 fully saturated rings. The van der Waals surface area contributed by atoms with Crippen LogP contribution < -0.4 is 5.32 Å². The first-order chi connectivity index (χ1) is 9.54. The van der Waals surface area contributed by atoms with Crippen molar-refractivity contribution >= 4 is 33.3 Å². The van der Waals surface area contributed by atoms with E-state index in [1.807, 2.05) is 24.3 Å². The molecule has 2 rings (SSSR count). The first kappa shape index (κ1) is 14.5. The molecule has 102 valence electrons. The first-order valence-corrected chi connectivity index (χ1v) is 6.99. The van der Waals surface area contributed by atoms with Crippen molar-refractivity contribution < 1.29 is 9.59 Å². The van der Waals surface area contributed by atoms with Gasteiger partial charge in [-0.1, -0.05) is 40.2 Å². The fourth-order valence-electron chi connectivity index (χ4n) is 1.81. The summed E-state index contributed by atoms with van der Waals surface area (Å²) in [5.41, 5.74) is 2.17. The number of carbonyl (C=O) groups excluding carboxylic acids is 2. The van der Waals surface area contributed by atoms with Gasteiger partial charge in [0.05, 0.1) is 6.42 Å². The number of amides is 1. The zero-order valence-corrected chi connectivity index (χ0v) is 12.6. The average Bonchev–Trinajstić information content (AvgIpc) is 2.41. The van der Waals surface area contributed by atoms with Crippen LogP contribution in [0.4, 0.5) is 5.69 Å². The van der Waals surface area contributed by atoms with Gasteiger partial charge in [0.15, 0.2) is 5.78 Å². The number of carbonyl (C=O) groups is 2. The molecule has 2 aromatic rings. The van der Waals surface area contributed by atoms with E-state index in [4.69, 9.17) is 0 Å². The van der Waals surface area contributed by atoms with Gasteiger partial charge < -0.3 is 5.32 Å². The quantitative estimate of drug-likeness (QED) is 0.865. The van der Waals surface area contributed by atoms with Gasteiger partial charge in [0.2, 0.25) is 5.91 Å². The standard InChI is InChI=1S/C16H14BrNO2/c1-11(19)13-3-2-4-15(10-13)18-16(20)9-12-5-7-14(17)8-6-12/h2-8,10H,9H2,1H3,(H,18,20). The van der Waals surface area contributed by atoms with Crippen molar-refractivity contribution in [3.05, 3.63) is 64.1 Å². The van der Waals surface area contributed by atoms with Crippen LogP contribution in [0, 0.1) is 0 Å². The van der Waals surface area contributed by atoms with Crippen molar-refractivity contribution in [2.75, 3.05) is 5.32 Å². The summed E-state index contributed by atoms with van der Waals surface area (Å²) in [5, 5.41) is 2.80. The largest absolute Gasteiger partial charge is 0.326 e. The molecule has 0 radical (unpaired) electrons. The number of benzene rings is 2. The zero-order valence-electron chi connectivity index (χ0n) is 11.0. The fraction of sp³-hybridized carbons (Fsp3) is 0.125. The van der Waals surface area contributed by atoms with E-state index in [1.54, 1.807) is 24.3 Å². The minimum absolute atomic E-state index is 0.0194. The summed E-state index contributed by atoms with van der Waals surface area (Å²) in [4.78, 5) is 23.2. The molecule has 0 aliphatic carbocycles. The van der Waals surface area contributed by atoms with Crippen LogP contribution in [0.3, 0.4) is 0 Å². The van der Waals surface area contributed by atoms with E-state index in [2.05, 4.69) is 21.2 Å². The molecule has 0 atom stereocenters. The van der Waals surface area contributed by atoms with Crippen LogP contribution in [0.25, 0.3) is 0 Å². The number of anilines is 1. The highest BCUT2D eigenvalue weighted by atomic mass is 79.9. The molecule has 0 heterocycles. The first-order valence-electron chi connectivity index (χ1n) is 6.20. The van der Waals surface area contributed by atoms with Crippen LogP contribution in [-0.2, 0) is 11.2 Å². The molecular weight excluding hydrogens is 318 g/mol. The van der Waals surface area contributed by atoms with Crippen molar-refractivity contribution in [2.24, 2.45) is 0 Å². The number of hydrogen-bond donors (Lipinski definition) is 1. The van der Waals surface area contributed by atoms with Gasteiger partial charge in [0.25, 0.3) is 0 Å². The summed E-state index contributed by atoms with van der Waals surface area (Å²) in [5.74, 6) is -0.123. The SMILES string of the molecule is CC(=O)c1cccc(NC(=O)Cc2ccc(Br)cc2)c1. The van der Waals surface area contributed by atoms with Crippen LogP contribution >= 0.6 is 15.9 Å². The van der Waals surface area contributed by atoms with Gasteiger partial charge in [0.1, 0.15) is 0 Å². The Morgan fingerprint density at radius 2 is 1.80 bits per heavy atom. The van der Waals surface area contributed by atoms with Crippen LogP contribution in [0.5, 0.6) is 0 Å². The molecule has 1 amide bonds.